The summed E-state index contributed by atoms with van der Waals surface area (Å²) in [7, 11) is 0. The minimum Gasteiger partial charge on any atom is -0.366 e. The van der Waals surface area contributed by atoms with Crippen molar-refractivity contribution in [2.75, 3.05) is 0 Å². The number of nitrogens with zero attached hydrogens (tertiary/aromatic N) is 1. The number of nitrogens with two attached hydrogens (primary N) is 1. The molecule has 0 atom stereocenters. The Hall–Kier alpha value is -1.91. The molecule has 0 saturated heterocycles. The monoisotopic (exact) mass is 372 g/mol. The van der Waals surface area contributed by atoms with E-state index in [2.05, 4.69) is 31.2 Å². The fourth-order valence-corrected chi connectivity index (χ4v) is 5.03. The molecule has 0 spiro atoms. The number of rotatable bonds is 2. The number of amides is 1. The van der Waals surface area contributed by atoms with Crippen LogP contribution in [0, 0.1) is 13.8 Å². The molecule has 2 aromatic heterocycles. The first-order chi connectivity index (χ1) is 11.6. The van der Waals surface area contributed by atoms with Crippen LogP contribution in [-0.4, -0.2) is 10.9 Å². The van der Waals surface area contributed by atoms with E-state index in [0.29, 0.717) is 5.56 Å². The molecule has 5 heteroatoms. The maximum Gasteiger partial charge on any atom is 0.251 e. The van der Waals surface area contributed by atoms with Gasteiger partial charge < -0.3 is 5.73 Å². The molecule has 0 bridgehead atoms. The predicted octanol–water partition coefficient (Wildman–Crippen LogP) is 4.98. The topological polar surface area (TPSA) is 56.0 Å². The number of fused-ring (bicyclic) bond motifs is 3. The number of hydrogen-bond donors (Lipinski definition) is 1. The van der Waals surface area contributed by atoms with E-state index < -0.39 is 5.91 Å². The lowest BCUT2D eigenvalue weighted by atomic mass is 9.89. The van der Waals surface area contributed by atoms with Crippen molar-refractivity contribution in [3.8, 4) is 11.1 Å². The molecule has 1 aromatic carbocycles. The number of carbonyl (C=O) groups excluding carboxylic acids is 1. The summed E-state index contributed by atoms with van der Waals surface area (Å²) < 4.78 is 0. The Morgan fingerprint density at radius 2 is 1.80 bits per heavy atom. The second-order valence-corrected chi connectivity index (χ2v) is 7.65. The number of carbonyl (C=O) groups is 1. The molecule has 2 N–H and O–H groups in total. The highest BCUT2D eigenvalue weighted by Gasteiger charge is 2.25. The van der Waals surface area contributed by atoms with E-state index in [-0.39, 0.29) is 12.4 Å². The molecular weight excluding hydrogens is 352 g/mol. The summed E-state index contributed by atoms with van der Waals surface area (Å²) in [5.74, 6) is -0.395. The van der Waals surface area contributed by atoms with Crippen LogP contribution in [0.3, 0.4) is 0 Å². The third-order valence-corrected chi connectivity index (χ3v) is 6.06. The van der Waals surface area contributed by atoms with Crippen molar-refractivity contribution in [1.29, 1.82) is 0 Å². The summed E-state index contributed by atoms with van der Waals surface area (Å²) in [5, 5.41) is 1.15. The van der Waals surface area contributed by atoms with E-state index in [0.717, 1.165) is 39.9 Å². The van der Waals surface area contributed by atoms with Crippen LogP contribution < -0.4 is 5.73 Å². The molecule has 1 amide bonds. The molecule has 1 aliphatic carbocycles. The predicted molar refractivity (Wildman–Crippen MR) is 107 cm³/mol. The highest BCUT2D eigenvalue weighted by Crippen LogP contribution is 2.42. The van der Waals surface area contributed by atoms with Crippen LogP contribution in [0.15, 0.2) is 24.3 Å². The van der Waals surface area contributed by atoms with Gasteiger partial charge in [0.05, 0.1) is 11.3 Å². The minimum absolute atomic E-state index is 0. The van der Waals surface area contributed by atoms with Crippen molar-refractivity contribution in [1.82, 2.24) is 4.98 Å². The van der Waals surface area contributed by atoms with E-state index in [1.54, 1.807) is 11.3 Å². The quantitative estimate of drug-likeness (QED) is 0.689. The van der Waals surface area contributed by atoms with Crippen LogP contribution in [-0.2, 0) is 12.8 Å². The molecule has 2 heterocycles. The standard InChI is InChI=1S/C20H20N2OS.ClH/c1-11-7-9-13(10-8-11)17-16(19(21)23)12(2)22-20-18(17)14-5-3-4-6-15(14)24-20;/h7-10H,3-6H2,1-2H3,(H2,21,23);1H. The van der Waals surface area contributed by atoms with Gasteiger partial charge in [0.15, 0.2) is 0 Å². The van der Waals surface area contributed by atoms with Gasteiger partial charge >= 0.3 is 0 Å². The number of aryl methyl sites for hydroxylation is 4. The lowest BCUT2D eigenvalue weighted by molar-refractivity contribution is 0.1000. The fraction of sp³-hybridized carbons (Fsp3) is 0.300. The van der Waals surface area contributed by atoms with Crippen LogP contribution in [0.25, 0.3) is 21.3 Å². The highest BCUT2D eigenvalue weighted by molar-refractivity contribution is 7.19. The van der Waals surface area contributed by atoms with E-state index in [1.807, 2.05) is 6.92 Å². The SMILES string of the molecule is Cc1ccc(-c2c(C(N)=O)c(C)nc3sc4c(c23)CCCC4)cc1.Cl. The van der Waals surface area contributed by atoms with Gasteiger partial charge in [0.1, 0.15) is 4.83 Å². The van der Waals surface area contributed by atoms with Gasteiger partial charge in [0.2, 0.25) is 0 Å². The fourth-order valence-electron chi connectivity index (χ4n) is 3.71. The van der Waals surface area contributed by atoms with E-state index in [9.17, 15) is 4.79 Å². The van der Waals surface area contributed by atoms with Crippen LogP contribution >= 0.6 is 23.7 Å². The normalized spacial score (nSPS) is 13.4. The third-order valence-electron chi connectivity index (χ3n) is 4.87. The van der Waals surface area contributed by atoms with Gasteiger partial charge in [-0.25, -0.2) is 4.98 Å². The Morgan fingerprint density at radius 1 is 1.12 bits per heavy atom. The molecule has 0 aliphatic heterocycles. The Kier molecular flexibility index (Phi) is 4.85. The molecule has 3 nitrogen and oxygen atoms in total. The molecule has 4 rings (SSSR count). The number of halogens is 1. The summed E-state index contributed by atoms with van der Waals surface area (Å²) in [6.45, 7) is 3.95. The number of pyridine rings is 1. The summed E-state index contributed by atoms with van der Waals surface area (Å²) in [6.07, 6.45) is 4.62. The molecular formula is C20H21ClN2OS. The first-order valence-corrected chi connectivity index (χ1v) is 9.19. The minimum atomic E-state index is -0.395. The van der Waals surface area contributed by atoms with Crippen LogP contribution in [0.4, 0.5) is 0 Å². The van der Waals surface area contributed by atoms with Gasteiger partial charge in [0.25, 0.3) is 5.91 Å². The molecule has 25 heavy (non-hydrogen) atoms. The highest BCUT2D eigenvalue weighted by atomic mass is 35.5. The second kappa shape index (κ2) is 6.77. The zero-order valence-electron chi connectivity index (χ0n) is 14.4. The first kappa shape index (κ1) is 17.9. The lowest BCUT2D eigenvalue weighted by Gasteiger charge is -2.15. The number of hydrogen-bond acceptors (Lipinski definition) is 3. The van der Waals surface area contributed by atoms with Gasteiger partial charge in [-0.2, -0.15) is 0 Å². The van der Waals surface area contributed by atoms with Crippen molar-refractivity contribution in [2.24, 2.45) is 5.73 Å². The summed E-state index contributed by atoms with van der Waals surface area (Å²) in [4.78, 5) is 19.4. The summed E-state index contributed by atoms with van der Waals surface area (Å²) in [6, 6.07) is 8.34. The summed E-state index contributed by atoms with van der Waals surface area (Å²) >= 11 is 1.78. The second-order valence-electron chi connectivity index (χ2n) is 6.57. The molecule has 0 radical (unpaired) electrons. The number of aromatic nitrogens is 1. The Morgan fingerprint density at radius 3 is 2.48 bits per heavy atom. The maximum absolute atomic E-state index is 12.2. The molecule has 0 fully saturated rings. The Bertz CT molecular complexity index is 960. The van der Waals surface area contributed by atoms with Gasteiger partial charge in [-0.3, -0.25) is 4.79 Å². The smallest absolute Gasteiger partial charge is 0.251 e. The molecule has 1 aliphatic rings. The first-order valence-electron chi connectivity index (χ1n) is 8.38. The number of primary amides is 1. The van der Waals surface area contributed by atoms with Crippen molar-refractivity contribution in [3.63, 3.8) is 0 Å². The number of benzene rings is 1. The molecule has 0 unspecified atom stereocenters. The van der Waals surface area contributed by atoms with Crippen molar-refractivity contribution in [2.45, 2.75) is 39.5 Å². The van der Waals surface area contributed by atoms with Crippen LogP contribution in [0.1, 0.15) is 44.9 Å². The van der Waals surface area contributed by atoms with Crippen molar-refractivity contribution < 1.29 is 4.79 Å². The zero-order chi connectivity index (χ0) is 16.8. The molecule has 3 aromatic rings. The van der Waals surface area contributed by atoms with E-state index in [1.165, 1.54) is 28.8 Å². The number of thiophene rings is 1. The molecule has 0 saturated carbocycles. The van der Waals surface area contributed by atoms with Gasteiger partial charge in [-0.05, 0) is 50.7 Å². The van der Waals surface area contributed by atoms with Crippen molar-refractivity contribution >= 4 is 39.9 Å². The van der Waals surface area contributed by atoms with Crippen molar-refractivity contribution in [3.05, 3.63) is 51.5 Å². The molecule has 130 valence electrons. The lowest BCUT2D eigenvalue weighted by Crippen LogP contribution is -2.15. The average molecular weight is 373 g/mol. The van der Waals surface area contributed by atoms with Gasteiger partial charge in [-0.1, -0.05) is 29.8 Å². The zero-order valence-corrected chi connectivity index (χ0v) is 16.0. The van der Waals surface area contributed by atoms with Gasteiger partial charge in [-0.15, -0.1) is 23.7 Å². The van der Waals surface area contributed by atoms with E-state index >= 15 is 0 Å². The Labute approximate surface area is 157 Å². The van der Waals surface area contributed by atoms with Gasteiger partial charge in [0, 0.05) is 15.8 Å². The van der Waals surface area contributed by atoms with E-state index in [4.69, 9.17) is 10.7 Å². The summed E-state index contributed by atoms with van der Waals surface area (Å²) in [5.41, 5.74) is 11.6. The van der Waals surface area contributed by atoms with Crippen LogP contribution in [0.2, 0.25) is 0 Å². The maximum atomic E-state index is 12.2. The largest absolute Gasteiger partial charge is 0.366 e. The third kappa shape index (κ3) is 2.94. The Balaban J connectivity index is 0.00000182. The van der Waals surface area contributed by atoms with Crippen LogP contribution in [0.5, 0.6) is 0 Å². The average Bonchev–Trinajstić information content (AvgIpc) is 2.92.